The van der Waals surface area contributed by atoms with E-state index in [0.29, 0.717) is 5.75 Å². The predicted molar refractivity (Wildman–Crippen MR) is 106 cm³/mol. The van der Waals surface area contributed by atoms with Crippen LogP contribution < -0.4 is 10.1 Å². The standard InChI is InChI=1S/C23H22FNO2/c1-23(2,17-8-4-3-5-9-17)18-12-14-19(15-13-18)27-16-22(26)25-21-11-7-6-10-20(21)24/h3-15H,16H2,1-2H3,(H,25,26). The number of benzene rings is 3. The molecule has 27 heavy (non-hydrogen) atoms. The van der Waals surface area contributed by atoms with Gasteiger partial charge in [-0.25, -0.2) is 4.39 Å². The molecular formula is C23H22FNO2. The molecule has 4 heteroatoms. The lowest BCUT2D eigenvalue weighted by molar-refractivity contribution is -0.118. The molecule has 0 radical (unpaired) electrons. The molecule has 0 aliphatic heterocycles. The van der Waals surface area contributed by atoms with Crippen molar-refractivity contribution in [1.29, 1.82) is 0 Å². The molecule has 1 N–H and O–H groups in total. The molecule has 0 spiro atoms. The van der Waals surface area contributed by atoms with Crippen LogP contribution in [0.2, 0.25) is 0 Å². The third-order valence-electron chi connectivity index (χ3n) is 4.59. The van der Waals surface area contributed by atoms with E-state index in [0.717, 1.165) is 5.56 Å². The Morgan fingerprint density at radius 3 is 2.15 bits per heavy atom. The van der Waals surface area contributed by atoms with Crippen LogP contribution >= 0.6 is 0 Å². The number of nitrogens with one attached hydrogen (secondary N) is 1. The van der Waals surface area contributed by atoms with Gasteiger partial charge in [0.1, 0.15) is 11.6 Å². The first-order valence-corrected chi connectivity index (χ1v) is 8.80. The molecule has 0 bridgehead atoms. The van der Waals surface area contributed by atoms with Crippen molar-refractivity contribution in [2.45, 2.75) is 19.3 Å². The zero-order chi connectivity index (χ0) is 19.3. The molecule has 3 rings (SSSR count). The number of hydrogen-bond donors (Lipinski definition) is 1. The molecule has 0 saturated heterocycles. The maximum absolute atomic E-state index is 13.6. The lowest BCUT2D eigenvalue weighted by atomic mass is 9.78. The van der Waals surface area contributed by atoms with Gasteiger partial charge in [0.15, 0.2) is 6.61 Å². The van der Waals surface area contributed by atoms with E-state index in [1.807, 2.05) is 42.5 Å². The molecule has 1 amide bonds. The lowest BCUT2D eigenvalue weighted by Gasteiger charge is -2.26. The highest BCUT2D eigenvalue weighted by molar-refractivity contribution is 5.91. The third-order valence-corrected chi connectivity index (χ3v) is 4.59. The van der Waals surface area contributed by atoms with E-state index in [2.05, 4.69) is 31.3 Å². The smallest absolute Gasteiger partial charge is 0.262 e. The molecule has 0 aliphatic carbocycles. The molecule has 0 aliphatic rings. The van der Waals surface area contributed by atoms with E-state index >= 15 is 0 Å². The second-order valence-corrected chi connectivity index (χ2v) is 6.83. The van der Waals surface area contributed by atoms with Crippen LogP contribution in [0.3, 0.4) is 0 Å². The Hall–Kier alpha value is -3.14. The predicted octanol–water partition coefficient (Wildman–Crippen LogP) is 5.17. The molecule has 3 nitrogen and oxygen atoms in total. The Morgan fingerprint density at radius 1 is 0.889 bits per heavy atom. The number of hydrogen-bond acceptors (Lipinski definition) is 2. The van der Waals surface area contributed by atoms with E-state index in [-0.39, 0.29) is 17.7 Å². The van der Waals surface area contributed by atoms with Crippen molar-refractivity contribution in [1.82, 2.24) is 0 Å². The van der Waals surface area contributed by atoms with Crippen molar-refractivity contribution in [3.05, 3.63) is 95.8 Å². The molecule has 0 saturated carbocycles. The van der Waals surface area contributed by atoms with E-state index < -0.39 is 11.7 Å². The number of anilines is 1. The van der Waals surface area contributed by atoms with Gasteiger partial charge in [0.25, 0.3) is 5.91 Å². The van der Waals surface area contributed by atoms with Gasteiger partial charge >= 0.3 is 0 Å². The molecule has 3 aromatic rings. The highest BCUT2D eigenvalue weighted by Gasteiger charge is 2.22. The molecule has 0 unspecified atom stereocenters. The third kappa shape index (κ3) is 4.53. The molecule has 0 heterocycles. The first kappa shape index (κ1) is 18.6. The van der Waals surface area contributed by atoms with Crippen molar-refractivity contribution in [3.63, 3.8) is 0 Å². The molecular weight excluding hydrogens is 341 g/mol. The number of ether oxygens (including phenoxy) is 1. The van der Waals surface area contributed by atoms with E-state index in [9.17, 15) is 9.18 Å². The van der Waals surface area contributed by atoms with Crippen molar-refractivity contribution >= 4 is 11.6 Å². The van der Waals surface area contributed by atoms with Gasteiger partial charge < -0.3 is 10.1 Å². The zero-order valence-electron chi connectivity index (χ0n) is 15.4. The van der Waals surface area contributed by atoms with E-state index in [1.54, 1.807) is 12.1 Å². The number of rotatable bonds is 6. The number of carbonyl (C=O) groups excluding carboxylic acids is 1. The molecule has 3 aromatic carbocycles. The second-order valence-electron chi connectivity index (χ2n) is 6.83. The van der Waals surface area contributed by atoms with Crippen LogP contribution in [0.5, 0.6) is 5.75 Å². The summed E-state index contributed by atoms with van der Waals surface area (Å²) in [6, 6.07) is 24.0. The minimum absolute atomic E-state index is 0.137. The van der Waals surface area contributed by atoms with E-state index in [1.165, 1.54) is 17.7 Å². The fraction of sp³-hybridized carbons (Fsp3) is 0.174. The van der Waals surface area contributed by atoms with Gasteiger partial charge in [-0.1, -0.05) is 68.4 Å². The Morgan fingerprint density at radius 2 is 1.48 bits per heavy atom. The first-order chi connectivity index (χ1) is 13.0. The maximum Gasteiger partial charge on any atom is 0.262 e. The van der Waals surface area contributed by atoms with Crippen LogP contribution in [-0.2, 0) is 10.2 Å². The minimum atomic E-state index is -0.474. The summed E-state index contributed by atoms with van der Waals surface area (Å²) < 4.78 is 19.1. The zero-order valence-corrected chi connectivity index (χ0v) is 15.4. The van der Waals surface area contributed by atoms with E-state index in [4.69, 9.17) is 4.74 Å². The highest BCUT2D eigenvalue weighted by Crippen LogP contribution is 2.32. The average molecular weight is 363 g/mol. The summed E-state index contributed by atoms with van der Waals surface area (Å²) in [7, 11) is 0. The van der Waals surface area contributed by atoms with Crippen LogP contribution in [0.25, 0.3) is 0 Å². The van der Waals surface area contributed by atoms with Gasteiger partial charge in [-0.15, -0.1) is 0 Å². The van der Waals surface area contributed by atoms with Crippen LogP contribution in [0.4, 0.5) is 10.1 Å². The minimum Gasteiger partial charge on any atom is -0.484 e. The summed E-state index contributed by atoms with van der Waals surface area (Å²) in [6.45, 7) is 4.15. The van der Waals surface area contributed by atoms with Gasteiger partial charge in [0.05, 0.1) is 5.69 Å². The normalized spacial score (nSPS) is 11.1. The van der Waals surface area contributed by atoms with Crippen molar-refractivity contribution in [2.24, 2.45) is 0 Å². The highest BCUT2D eigenvalue weighted by atomic mass is 19.1. The molecule has 0 atom stereocenters. The largest absolute Gasteiger partial charge is 0.484 e. The SMILES string of the molecule is CC(C)(c1ccccc1)c1ccc(OCC(=O)Nc2ccccc2F)cc1. The number of amides is 1. The summed E-state index contributed by atoms with van der Waals surface area (Å²) in [6.07, 6.45) is 0. The topological polar surface area (TPSA) is 38.3 Å². The quantitative estimate of drug-likeness (QED) is 0.656. The van der Waals surface area contributed by atoms with Crippen LogP contribution in [0, 0.1) is 5.82 Å². The Kier molecular flexibility index (Phi) is 5.55. The van der Waals surface area contributed by atoms with Crippen molar-refractivity contribution in [3.8, 4) is 5.75 Å². The summed E-state index contributed by atoms with van der Waals surface area (Å²) >= 11 is 0. The number of carbonyl (C=O) groups is 1. The Labute approximate surface area is 158 Å². The molecule has 0 fully saturated rings. The van der Waals surface area contributed by atoms with Crippen molar-refractivity contribution < 1.29 is 13.9 Å². The summed E-state index contributed by atoms with van der Waals surface area (Å²) in [5.41, 5.74) is 2.38. The molecule has 138 valence electrons. The fourth-order valence-corrected chi connectivity index (χ4v) is 2.89. The fourth-order valence-electron chi connectivity index (χ4n) is 2.89. The summed E-state index contributed by atoms with van der Waals surface area (Å²) in [4.78, 5) is 11.9. The van der Waals surface area contributed by atoms with Gasteiger partial charge in [0, 0.05) is 5.41 Å². The molecule has 0 aromatic heterocycles. The number of halogens is 1. The van der Waals surface area contributed by atoms with Gasteiger partial charge in [-0.3, -0.25) is 4.79 Å². The van der Waals surface area contributed by atoms with Gasteiger partial charge in [-0.2, -0.15) is 0 Å². The van der Waals surface area contributed by atoms with Crippen molar-refractivity contribution in [2.75, 3.05) is 11.9 Å². The average Bonchev–Trinajstić information content (AvgIpc) is 2.69. The van der Waals surface area contributed by atoms with Crippen LogP contribution in [0.1, 0.15) is 25.0 Å². The monoisotopic (exact) mass is 363 g/mol. The van der Waals surface area contributed by atoms with Crippen LogP contribution in [-0.4, -0.2) is 12.5 Å². The van der Waals surface area contributed by atoms with Gasteiger partial charge in [0.2, 0.25) is 0 Å². The second kappa shape index (κ2) is 8.04. The lowest BCUT2D eigenvalue weighted by Crippen LogP contribution is -2.21. The first-order valence-electron chi connectivity index (χ1n) is 8.80. The summed E-state index contributed by atoms with van der Waals surface area (Å²) in [5, 5.41) is 2.50. The Bertz CT molecular complexity index is 905. The summed E-state index contributed by atoms with van der Waals surface area (Å²) in [5.74, 6) is -0.293. The maximum atomic E-state index is 13.6. The van der Waals surface area contributed by atoms with Crippen LogP contribution in [0.15, 0.2) is 78.9 Å². The van der Waals surface area contributed by atoms with Gasteiger partial charge in [-0.05, 0) is 35.4 Å². The Balaban J connectivity index is 1.61. The number of para-hydroxylation sites is 1.